The molecule has 0 aliphatic heterocycles. The van der Waals surface area contributed by atoms with E-state index in [0.717, 1.165) is 36.7 Å². The largest absolute Gasteiger partial charge is 0.357 e. The highest BCUT2D eigenvalue weighted by molar-refractivity contribution is 5.59. The molecule has 0 aliphatic carbocycles. The maximum atomic E-state index is 5.51. The molecular weight excluding hydrogens is 214 g/mol. The first-order valence-corrected chi connectivity index (χ1v) is 6.22. The van der Waals surface area contributed by atoms with Crippen LogP contribution in [0, 0.1) is 0 Å². The third-order valence-electron chi connectivity index (χ3n) is 2.75. The highest BCUT2D eigenvalue weighted by Crippen LogP contribution is 2.30. The van der Waals surface area contributed by atoms with Crippen molar-refractivity contribution in [2.75, 3.05) is 23.4 Å². The van der Waals surface area contributed by atoms with Crippen LogP contribution in [0.5, 0.6) is 0 Å². The molecule has 0 atom stereocenters. The molecule has 0 aromatic carbocycles. The van der Waals surface area contributed by atoms with Gasteiger partial charge in [-0.15, -0.1) is 0 Å². The van der Waals surface area contributed by atoms with Crippen LogP contribution in [-0.4, -0.2) is 23.1 Å². The van der Waals surface area contributed by atoms with E-state index in [-0.39, 0.29) is 0 Å². The first-order valence-electron chi connectivity index (χ1n) is 6.22. The average molecular weight is 237 g/mol. The Morgan fingerprint density at radius 2 is 2.06 bits per heavy atom. The number of hydrazine groups is 1. The molecule has 0 unspecified atom stereocenters. The van der Waals surface area contributed by atoms with Gasteiger partial charge in [-0.3, -0.25) is 0 Å². The van der Waals surface area contributed by atoms with Gasteiger partial charge in [0.2, 0.25) is 0 Å². The quantitative estimate of drug-likeness (QED) is 0.586. The fourth-order valence-corrected chi connectivity index (χ4v) is 1.97. The molecule has 1 aromatic heterocycles. The summed E-state index contributed by atoms with van der Waals surface area (Å²) in [7, 11) is 0. The lowest BCUT2D eigenvalue weighted by Gasteiger charge is -2.26. The van der Waals surface area contributed by atoms with E-state index in [2.05, 4.69) is 48.0 Å². The predicted octanol–water partition coefficient (Wildman–Crippen LogP) is 2.12. The molecule has 96 valence electrons. The minimum atomic E-state index is 0.336. The maximum absolute atomic E-state index is 5.51. The number of nitrogen functional groups attached to an aromatic ring is 1. The van der Waals surface area contributed by atoms with Crippen molar-refractivity contribution in [3.63, 3.8) is 0 Å². The van der Waals surface area contributed by atoms with Gasteiger partial charge in [-0.05, 0) is 19.3 Å². The van der Waals surface area contributed by atoms with E-state index in [9.17, 15) is 0 Å². The van der Waals surface area contributed by atoms with Gasteiger partial charge in [-0.25, -0.2) is 15.8 Å². The first-order chi connectivity index (χ1) is 8.15. The zero-order valence-corrected chi connectivity index (χ0v) is 11.2. The van der Waals surface area contributed by atoms with Gasteiger partial charge in [-0.1, -0.05) is 20.8 Å². The van der Waals surface area contributed by atoms with Gasteiger partial charge >= 0.3 is 0 Å². The summed E-state index contributed by atoms with van der Waals surface area (Å²) in [5.74, 6) is 7.57. The summed E-state index contributed by atoms with van der Waals surface area (Å²) in [5.41, 5.74) is 3.75. The van der Waals surface area contributed by atoms with Crippen LogP contribution in [0.3, 0.4) is 0 Å². The van der Waals surface area contributed by atoms with Crippen molar-refractivity contribution in [3.8, 4) is 0 Å². The van der Waals surface area contributed by atoms with E-state index in [1.807, 2.05) is 0 Å². The number of nitrogens with zero attached hydrogens (tertiary/aromatic N) is 3. The van der Waals surface area contributed by atoms with E-state index in [0.29, 0.717) is 5.92 Å². The number of aromatic nitrogens is 2. The normalized spacial score (nSPS) is 10.7. The monoisotopic (exact) mass is 237 g/mol. The number of hydrogen-bond donors (Lipinski definition) is 2. The van der Waals surface area contributed by atoms with Crippen molar-refractivity contribution in [2.45, 2.75) is 40.0 Å². The second kappa shape index (κ2) is 6.39. The lowest BCUT2D eigenvalue weighted by atomic mass is 10.0. The third-order valence-corrected chi connectivity index (χ3v) is 2.75. The Balaban J connectivity index is 3.20. The summed E-state index contributed by atoms with van der Waals surface area (Å²) in [6.45, 7) is 10.5. The predicted molar refractivity (Wildman–Crippen MR) is 72.1 cm³/mol. The summed E-state index contributed by atoms with van der Waals surface area (Å²) in [5, 5.41) is 0. The van der Waals surface area contributed by atoms with Gasteiger partial charge in [0, 0.05) is 18.7 Å². The van der Waals surface area contributed by atoms with Crippen molar-refractivity contribution in [1.29, 1.82) is 0 Å². The van der Waals surface area contributed by atoms with Gasteiger partial charge in [-0.2, -0.15) is 0 Å². The number of anilines is 2. The fourth-order valence-electron chi connectivity index (χ4n) is 1.97. The van der Waals surface area contributed by atoms with E-state index in [1.165, 1.54) is 0 Å². The van der Waals surface area contributed by atoms with E-state index in [4.69, 9.17) is 5.84 Å². The van der Waals surface area contributed by atoms with Gasteiger partial charge in [0.1, 0.15) is 18.0 Å². The Labute approximate surface area is 103 Å². The smallest absolute Gasteiger partial charge is 0.148 e. The standard InChI is InChI=1S/C12H23N5/c1-5-7-17(6-2)12-10(9(3)4)11(16-13)14-8-15-12/h8-9H,5-7,13H2,1-4H3,(H,14,15,16). The fraction of sp³-hybridized carbons (Fsp3) is 0.667. The van der Waals surface area contributed by atoms with E-state index >= 15 is 0 Å². The summed E-state index contributed by atoms with van der Waals surface area (Å²) in [4.78, 5) is 10.9. The molecule has 1 aromatic rings. The molecule has 0 radical (unpaired) electrons. The molecule has 5 nitrogen and oxygen atoms in total. The van der Waals surface area contributed by atoms with Crippen LogP contribution < -0.4 is 16.2 Å². The second-order valence-corrected chi connectivity index (χ2v) is 4.34. The lowest BCUT2D eigenvalue weighted by molar-refractivity contribution is 0.751. The molecule has 0 fully saturated rings. The Hall–Kier alpha value is -1.36. The van der Waals surface area contributed by atoms with E-state index < -0.39 is 0 Å². The zero-order chi connectivity index (χ0) is 12.8. The topological polar surface area (TPSA) is 67.1 Å². The van der Waals surface area contributed by atoms with Gasteiger partial charge < -0.3 is 10.3 Å². The Bertz CT molecular complexity index is 351. The summed E-state index contributed by atoms with van der Waals surface area (Å²) in [6, 6.07) is 0. The van der Waals surface area contributed by atoms with Gasteiger partial charge in [0.15, 0.2) is 0 Å². The summed E-state index contributed by atoms with van der Waals surface area (Å²) >= 11 is 0. The first kappa shape index (κ1) is 13.7. The number of nitrogens with two attached hydrogens (primary N) is 1. The van der Waals surface area contributed by atoms with Gasteiger partial charge in [0.25, 0.3) is 0 Å². The Morgan fingerprint density at radius 1 is 1.35 bits per heavy atom. The van der Waals surface area contributed by atoms with Crippen molar-refractivity contribution in [1.82, 2.24) is 9.97 Å². The van der Waals surface area contributed by atoms with E-state index in [1.54, 1.807) is 6.33 Å². The minimum absolute atomic E-state index is 0.336. The number of hydrogen-bond acceptors (Lipinski definition) is 5. The molecule has 0 spiro atoms. The van der Waals surface area contributed by atoms with Crippen LogP contribution >= 0.6 is 0 Å². The number of nitrogens with one attached hydrogen (secondary N) is 1. The molecule has 17 heavy (non-hydrogen) atoms. The summed E-state index contributed by atoms with van der Waals surface area (Å²) in [6.07, 6.45) is 2.66. The zero-order valence-electron chi connectivity index (χ0n) is 11.2. The minimum Gasteiger partial charge on any atom is -0.357 e. The molecule has 0 bridgehead atoms. The van der Waals surface area contributed by atoms with Crippen molar-refractivity contribution in [3.05, 3.63) is 11.9 Å². The highest BCUT2D eigenvalue weighted by Gasteiger charge is 2.17. The van der Waals surface area contributed by atoms with Crippen LogP contribution in [0.25, 0.3) is 0 Å². The molecular formula is C12H23N5. The lowest BCUT2D eigenvalue weighted by Crippen LogP contribution is -2.27. The van der Waals surface area contributed by atoms with Gasteiger partial charge in [0.05, 0.1) is 0 Å². The molecule has 1 heterocycles. The maximum Gasteiger partial charge on any atom is 0.148 e. The number of rotatable bonds is 6. The average Bonchev–Trinajstić information content (AvgIpc) is 2.34. The molecule has 5 heteroatoms. The SMILES string of the molecule is CCCN(CC)c1ncnc(NN)c1C(C)C. The highest BCUT2D eigenvalue weighted by atomic mass is 15.3. The molecule has 0 amide bonds. The van der Waals surface area contributed by atoms with Crippen LogP contribution in [0.2, 0.25) is 0 Å². The summed E-state index contributed by atoms with van der Waals surface area (Å²) < 4.78 is 0. The Kier molecular flexibility index (Phi) is 5.15. The van der Waals surface area contributed by atoms with Crippen LogP contribution in [0.4, 0.5) is 11.6 Å². The van der Waals surface area contributed by atoms with Crippen molar-refractivity contribution >= 4 is 11.6 Å². The van der Waals surface area contributed by atoms with Crippen LogP contribution in [0.1, 0.15) is 45.6 Å². The molecule has 1 rings (SSSR count). The van der Waals surface area contributed by atoms with Crippen LogP contribution in [-0.2, 0) is 0 Å². The van der Waals surface area contributed by atoms with Crippen LogP contribution in [0.15, 0.2) is 6.33 Å². The van der Waals surface area contributed by atoms with Crippen molar-refractivity contribution in [2.24, 2.45) is 5.84 Å². The molecule has 0 saturated carbocycles. The molecule has 0 aliphatic rings. The second-order valence-electron chi connectivity index (χ2n) is 4.34. The molecule has 3 N–H and O–H groups in total. The Morgan fingerprint density at radius 3 is 2.53 bits per heavy atom. The van der Waals surface area contributed by atoms with Crippen molar-refractivity contribution < 1.29 is 0 Å². The molecule has 0 saturated heterocycles. The third kappa shape index (κ3) is 3.06.